The first-order valence-corrected chi connectivity index (χ1v) is 6.87. The van der Waals surface area contributed by atoms with Crippen LogP contribution in [0.2, 0.25) is 5.02 Å². The molecule has 0 spiro atoms. The summed E-state index contributed by atoms with van der Waals surface area (Å²) in [5.41, 5.74) is 2.68. The quantitative estimate of drug-likeness (QED) is 0.752. The van der Waals surface area contributed by atoms with Crippen LogP contribution in [0.15, 0.2) is 36.4 Å². The fourth-order valence-corrected chi connectivity index (χ4v) is 2.38. The van der Waals surface area contributed by atoms with E-state index in [2.05, 4.69) is 19.9 Å². The van der Waals surface area contributed by atoms with Gasteiger partial charge in [-0.1, -0.05) is 25.4 Å². The SMILES string of the molecule is Cc1cc(Cl)c(C(C)C)cc1Oc1ccc(C#N)cc1. The largest absolute Gasteiger partial charge is 0.457 e. The molecule has 0 aliphatic heterocycles. The number of hydrogen-bond donors (Lipinski definition) is 0. The smallest absolute Gasteiger partial charge is 0.130 e. The van der Waals surface area contributed by atoms with Crippen LogP contribution in [0.1, 0.15) is 36.5 Å². The van der Waals surface area contributed by atoms with Gasteiger partial charge >= 0.3 is 0 Å². The van der Waals surface area contributed by atoms with Crippen LogP contribution >= 0.6 is 11.6 Å². The van der Waals surface area contributed by atoms with E-state index in [-0.39, 0.29) is 0 Å². The predicted octanol–water partition coefficient (Wildman–Crippen LogP) is 5.44. The number of halogens is 1. The first-order chi connectivity index (χ1) is 9.51. The topological polar surface area (TPSA) is 33.0 Å². The fraction of sp³-hybridized carbons (Fsp3) is 0.235. The molecule has 0 saturated heterocycles. The minimum absolute atomic E-state index is 0.339. The maximum Gasteiger partial charge on any atom is 0.130 e. The van der Waals surface area contributed by atoms with Gasteiger partial charge < -0.3 is 4.74 Å². The number of hydrogen-bond acceptors (Lipinski definition) is 2. The monoisotopic (exact) mass is 285 g/mol. The van der Waals surface area contributed by atoms with Crippen molar-refractivity contribution in [2.75, 3.05) is 0 Å². The molecule has 0 bridgehead atoms. The summed E-state index contributed by atoms with van der Waals surface area (Å²) >= 11 is 6.25. The van der Waals surface area contributed by atoms with Crippen LogP contribution in [0.5, 0.6) is 11.5 Å². The van der Waals surface area contributed by atoms with E-state index in [0.717, 1.165) is 21.9 Å². The molecule has 102 valence electrons. The van der Waals surface area contributed by atoms with E-state index in [1.54, 1.807) is 24.3 Å². The summed E-state index contributed by atoms with van der Waals surface area (Å²) in [6.07, 6.45) is 0. The molecule has 0 aliphatic rings. The fourth-order valence-electron chi connectivity index (χ4n) is 1.95. The van der Waals surface area contributed by atoms with Crippen molar-refractivity contribution in [3.8, 4) is 17.6 Å². The molecule has 0 amide bonds. The van der Waals surface area contributed by atoms with Gasteiger partial charge in [-0.15, -0.1) is 0 Å². The third-order valence-electron chi connectivity index (χ3n) is 3.13. The summed E-state index contributed by atoms with van der Waals surface area (Å²) in [5, 5.41) is 9.55. The van der Waals surface area contributed by atoms with E-state index >= 15 is 0 Å². The van der Waals surface area contributed by atoms with E-state index in [4.69, 9.17) is 21.6 Å². The Bertz CT molecular complexity index is 654. The molecule has 0 heterocycles. The molecule has 2 rings (SSSR count). The van der Waals surface area contributed by atoms with Crippen molar-refractivity contribution in [1.82, 2.24) is 0 Å². The second-order valence-electron chi connectivity index (χ2n) is 5.03. The summed E-state index contributed by atoms with van der Waals surface area (Å²) < 4.78 is 5.89. The molecule has 2 nitrogen and oxygen atoms in total. The van der Waals surface area contributed by atoms with Crippen molar-refractivity contribution < 1.29 is 4.74 Å². The number of benzene rings is 2. The number of rotatable bonds is 3. The maximum absolute atomic E-state index is 8.78. The molecule has 20 heavy (non-hydrogen) atoms. The lowest BCUT2D eigenvalue weighted by Gasteiger charge is -2.14. The summed E-state index contributed by atoms with van der Waals surface area (Å²) in [6, 6.07) is 13.1. The van der Waals surface area contributed by atoms with Crippen LogP contribution in [0.4, 0.5) is 0 Å². The van der Waals surface area contributed by atoms with E-state index < -0.39 is 0 Å². The first kappa shape index (κ1) is 14.4. The molecule has 2 aromatic carbocycles. The highest BCUT2D eigenvalue weighted by Gasteiger charge is 2.10. The summed E-state index contributed by atoms with van der Waals surface area (Å²) in [7, 11) is 0. The van der Waals surface area contributed by atoms with Crippen LogP contribution in [-0.2, 0) is 0 Å². The minimum atomic E-state index is 0.339. The Kier molecular flexibility index (Phi) is 4.32. The minimum Gasteiger partial charge on any atom is -0.457 e. The summed E-state index contributed by atoms with van der Waals surface area (Å²) in [4.78, 5) is 0. The third-order valence-corrected chi connectivity index (χ3v) is 3.45. The van der Waals surface area contributed by atoms with Crippen molar-refractivity contribution in [2.24, 2.45) is 0 Å². The van der Waals surface area contributed by atoms with Gasteiger partial charge in [0.15, 0.2) is 0 Å². The van der Waals surface area contributed by atoms with Gasteiger partial charge in [0, 0.05) is 5.02 Å². The highest BCUT2D eigenvalue weighted by Crippen LogP contribution is 2.33. The van der Waals surface area contributed by atoms with Crippen molar-refractivity contribution in [3.05, 3.63) is 58.1 Å². The van der Waals surface area contributed by atoms with E-state index in [0.29, 0.717) is 17.2 Å². The summed E-state index contributed by atoms with van der Waals surface area (Å²) in [5.74, 6) is 1.85. The molecule has 0 radical (unpaired) electrons. The highest BCUT2D eigenvalue weighted by molar-refractivity contribution is 6.31. The van der Waals surface area contributed by atoms with Crippen LogP contribution < -0.4 is 4.74 Å². The Balaban J connectivity index is 2.33. The molecule has 0 aliphatic carbocycles. The molecule has 0 N–H and O–H groups in total. The summed E-state index contributed by atoms with van der Waals surface area (Å²) in [6.45, 7) is 6.17. The van der Waals surface area contributed by atoms with Gasteiger partial charge in [0.05, 0.1) is 11.6 Å². The average molecular weight is 286 g/mol. The molecule has 0 aromatic heterocycles. The zero-order valence-corrected chi connectivity index (χ0v) is 12.5. The standard InChI is InChI=1S/C17H16ClNO/c1-11(2)15-9-17(12(3)8-16(15)18)20-14-6-4-13(10-19)5-7-14/h4-9,11H,1-3H3. The van der Waals surface area contributed by atoms with E-state index in [1.807, 2.05) is 19.1 Å². The highest BCUT2D eigenvalue weighted by atomic mass is 35.5. The normalized spacial score (nSPS) is 10.4. The van der Waals surface area contributed by atoms with Crippen molar-refractivity contribution in [1.29, 1.82) is 5.26 Å². The van der Waals surface area contributed by atoms with Crippen molar-refractivity contribution in [2.45, 2.75) is 26.7 Å². The van der Waals surface area contributed by atoms with Crippen molar-refractivity contribution in [3.63, 3.8) is 0 Å². The molecule has 0 atom stereocenters. The lowest BCUT2D eigenvalue weighted by molar-refractivity contribution is 0.477. The third kappa shape index (κ3) is 3.12. The van der Waals surface area contributed by atoms with Gasteiger partial charge in [0.1, 0.15) is 11.5 Å². The lowest BCUT2D eigenvalue weighted by Crippen LogP contribution is -1.94. The van der Waals surface area contributed by atoms with E-state index in [1.165, 1.54) is 0 Å². The Hall–Kier alpha value is -1.98. The molecule has 3 heteroatoms. The molecule has 2 aromatic rings. The van der Waals surface area contributed by atoms with Gasteiger partial charge in [-0.2, -0.15) is 5.26 Å². The lowest BCUT2D eigenvalue weighted by atomic mass is 10.0. The number of ether oxygens (including phenoxy) is 1. The van der Waals surface area contributed by atoms with Gasteiger partial charge in [0.25, 0.3) is 0 Å². The van der Waals surface area contributed by atoms with Gasteiger partial charge in [-0.25, -0.2) is 0 Å². The Morgan fingerprint density at radius 2 is 1.80 bits per heavy atom. The first-order valence-electron chi connectivity index (χ1n) is 6.49. The van der Waals surface area contributed by atoms with Crippen molar-refractivity contribution >= 4 is 11.6 Å². The van der Waals surface area contributed by atoms with E-state index in [9.17, 15) is 0 Å². The molecule has 0 saturated carbocycles. The zero-order chi connectivity index (χ0) is 14.7. The van der Waals surface area contributed by atoms with Crippen LogP contribution in [0.25, 0.3) is 0 Å². The zero-order valence-electron chi connectivity index (χ0n) is 11.8. The average Bonchev–Trinajstić information content (AvgIpc) is 2.42. The molecular formula is C17H16ClNO. The molecule has 0 unspecified atom stereocenters. The van der Waals surface area contributed by atoms with Gasteiger partial charge in [0.2, 0.25) is 0 Å². The van der Waals surface area contributed by atoms with Crippen LogP contribution in [-0.4, -0.2) is 0 Å². The Labute approximate surface area is 124 Å². The Morgan fingerprint density at radius 3 is 2.35 bits per heavy atom. The number of aryl methyl sites for hydroxylation is 1. The number of nitrogens with zero attached hydrogens (tertiary/aromatic N) is 1. The van der Waals surface area contributed by atoms with Gasteiger partial charge in [-0.3, -0.25) is 0 Å². The predicted molar refractivity (Wildman–Crippen MR) is 81.5 cm³/mol. The maximum atomic E-state index is 8.78. The second-order valence-corrected chi connectivity index (χ2v) is 5.44. The second kappa shape index (κ2) is 5.98. The Morgan fingerprint density at radius 1 is 1.15 bits per heavy atom. The van der Waals surface area contributed by atoms with Crippen LogP contribution in [0, 0.1) is 18.3 Å². The molecule has 0 fully saturated rings. The number of nitriles is 1. The van der Waals surface area contributed by atoms with Gasteiger partial charge in [-0.05, 0) is 60.4 Å². The van der Waals surface area contributed by atoms with Crippen LogP contribution in [0.3, 0.4) is 0 Å². The molecular weight excluding hydrogens is 270 g/mol.